The molecule has 158 valence electrons. The van der Waals surface area contributed by atoms with Crippen LogP contribution in [0.4, 0.5) is 10.5 Å². The Morgan fingerprint density at radius 3 is 2.67 bits per heavy atom. The van der Waals surface area contributed by atoms with Crippen molar-refractivity contribution in [2.75, 3.05) is 18.4 Å². The second-order valence-corrected chi connectivity index (χ2v) is 8.41. The van der Waals surface area contributed by atoms with E-state index < -0.39 is 5.54 Å². The first-order valence-electron chi connectivity index (χ1n) is 9.75. The second kappa shape index (κ2) is 8.56. The van der Waals surface area contributed by atoms with Gasteiger partial charge in [0.15, 0.2) is 0 Å². The molecule has 2 unspecified atom stereocenters. The van der Waals surface area contributed by atoms with Crippen LogP contribution >= 0.6 is 11.6 Å². The number of amides is 2. The van der Waals surface area contributed by atoms with Crippen LogP contribution in [0.3, 0.4) is 0 Å². The lowest BCUT2D eigenvalue weighted by molar-refractivity contribution is 0.0906. The molecule has 1 saturated carbocycles. The fourth-order valence-corrected chi connectivity index (χ4v) is 3.88. The van der Waals surface area contributed by atoms with Gasteiger partial charge in [0, 0.05) is 25.0 Å². The minimum Gasteiger partial charge on any atom is -0.412 e. The predicted octanol–water partition coefficient (Wildman–Crippen LogP) is 2.80. The number of urea groups is 1. The smallest absolute Gasteiger partial charge is 0.322 e. The third kappa shape index (κ3) is 4.24. The number of hydrogen-bond acceptors (Lipinski definition) is 5. The molecule has 1 aromatic carbocycles. The Morgan fingerprint density at radius 1 is 1.37 bits per heavy atom. The fraction of sp³-hybridized carbons (Fsp3) is 0.429. The molecule has 1 aromatic heterocycles. The van der Waals surface area contributed by atoms with E-state index in [-0.39, 0.29) is 17.5 Å². The Balaban J connectivity index is 0.00000256. The number of halogens is 1. The summed E-state index contributed by atoms with van der Waals surface area (Å²) in [6, 6.07) is 7.33. The van der Waals surface area contributed by atoms with E-state index in [9.17, 15) is 4.79 Å². The third-order valence-corrected chi connectivity index (χ3v) is 5.98. The van der Waals surface area contributed by atoms with Crippen LogP contribution in [-0.4, -0.2) is 45.5 Å². The number of hydrogen-bond donors (Lipinski definition) is 2. The van der Waals surface area contributed by atoms with Crippen molar-refractivity contribution in [2.45, 2.75) is 44.2 Å². The molecule has 2 amide bonds. The highest BCUT2D eigenvalue weighted by Crippen LogP contribution is 2.38. The molecule has 8 nitrogen and oxygen atoms in total. The summed E-state index contributed by atoms with van der Waals surface area (Å²) in [4.78, 5) is 23.7. The molecule has 4 rings (SSSR count). The van der Waals surface area contributed by atoms with Gasteiger partial charge >= 0.3 is 6.03 Å². The first-order valence-corrected chi connectivity index (χ1v) is 10.1. The molecular weight excluding hydrogens is 404 g/mol. The zero-order valence-corrected chi connectivity index (χ0v) is 17.7. The lowest BCUT2D eigenvalue weighted by Crippen LogP contribution is -2.63. The first-order chi connectivity index (χ1) is 13.9. The summed E-state index contributed by atoms with van der Waals surface area (Å²) in [6.07, 6.45) is 5.60. The van der Waals surface area contributed by atoms with Crippen LogP contribution in [-0.2, 0) is 5.54 Å². The van der Waals surface area contributed by atoms with Crippen molar-refractivity contribution in [1.82, 2.24) is 20.2 Å². The summed E-state index contributed by atoms with van der Waals surface area (Å²) in [7, 11) is 0. The van der Waals surface area contributed by atoms with E-state index in [1.54, 1.807) is 29.4 Å². The van der Waals surface area contributed by atoms with Gasteiger partial charge in [0.1, 0.15) is 11.9 Å². The van der Waals surface area contributed by atoms with Crippen LogP contribution in [0.1, 0.15) is 49.6 Å². The molecule has 2 aromatic rings. The number of carbonyl (C=O) groups excluding carboxylic acids is 1. The summed E-state index contributed by atoms with van der Waals surface area (Å²) in [5.41, 5.74) is 1.24. The minimum atomic E-state index is -0.622. The number of nitrogens with zero attached hydrogens (tertiary/aromatic N) is 4. The summed E-state index contributed by atoms with van der Waals surface area (Å²) >= 11 is 6.26. The van der Waals surface area contributed by atoms with Crippen molar-refractivity contribution < 1.29 is 10.3 Å². The average Bonchev–Trinajstić information content (AvgIpc) is 3.55. The highest BCUT2D eigenvalue weighted by molar-refractivity contribution is 6.31. The van der Waals surface area contributed by atoms with Crippen LogP contribution in [0.2, 0.25) is 5.02 Å². The number of nitrogens with one attached hydrogen (secondary N) is 2. The Morgan fingerprint density at radius 2 is 2.07 bits per heavy atom. The molecule has 30 heavy (non-hydrogen) atoms. The van der Waals surface area contributed by atoms with Crippen molar-refractivity contribution in [3.8, 4) is 6.07 Å². The highest BCUT2D eigenvalue weighted by Gasteiger charge is 2.41. The van der Waals surface area contributed by atoms with Crippen LogP contribution in [0.25, 0.3) is 0 Å². The molecule has 2 fully saturated rings. The highest BCUT2D eigenvalue weighted by atomic mass is 35.5. The maximum absolute atomic E-state index is 13.2. The van der Waals surface area contributed by atoms with E-state index in [2.05, 4.69) is 26.7 Å². The van der Waals surface area contributed by atoms with Crippen molar-refractivity contribution >= 4 is 23.3 Å². The first kappa shape index (κ1) is 22.0. The van der Waals surface area contributed by atoms with E-state index in [1.807, 2.05) is 19.9 Å². The quantitative estimate of drug-likeness (QED) is 0.777. The molecule has 0 radical (unpaired) electrons. The van der Waals surface area contributed by atoms with Gasteiger partial charge in [0.2, 0.25) is 0 Å². The Labute approximate surface area is 180 Å². The zero-order valence-electron chi connectivity index (χ0n) is 16.9. The van der Waals surface area contributed by atoms with Crippen molar-refractivity contribution in [1.29, 1.82) is 5.26 Å². The van der Waals surface area contributed by atoms with Crippen molar-refractivity contribution in [3.05, 3.63) is 52.6 Å². The van der Waals surface area contributed by atoms with Gasteiger partial charge in [-0.3, -0.25) is 0 Å². The van der Waals surface area contributed by atoms with Crippen molar-refractivity contribution in [2.24, 2.45) is 0 Å². The van der Waals surface area contributed by atoms with Crippen LogP contribution in [0.5, 0.6) is 0 Å². The number of carbonyl (C=O) groups is 1. The van der Waals surface area contributed by atoms with E-state index >= 15 is 0 Å². The number of anilines is 1. The van der Waals surface area contributed by atoms with Gasteiger partial charge in [-0.25, -0.2) is 14.8 Å². The van der Waals surface area contributed by atoms with Crippen molar-refractivity contribution in [3.63, 3.8) is 0 Å². The van der Waals surface area contributed by atoms with E-state index in [0.29, 0.717) is 35.3 Å². The SMILES string of the molecule is CC1CN(C(=O)Nc2cnc(C3CC3)nc2)C(C)(c2ccc(C#N)c(Cl)c2)CN1.O. The van der Waals surface area contributed by atoms with Gasteiger partial charge in [-0.15, -0.1) is 0 Å². The molecule has 1 aliphatic carbocycles. The lowest BCUT2D eigenvalue weighted by atomic mass is 9.87. The van der Waals surface area contributed by atoms with Gasteiger partial charge in [-0.2, -0.15) is 5.26 Å². The monoisotopic (exact) mass is 428 g/mol. The molecule has 1 saturated heterocycles. The molecule has 0 spiro atoms. The Hall–Kier alpha value is -2.73. The van der Waals surface area contributed by atoms with Crippen LogP contribution in [0, 0.1) is 11.3 Å². The molecular formula is C21H25ClN6O2. The van der Waals surface area contributed by atoms with Crippen LogP contribution < -0.4 is 10.6 Å². The maximum Gasteiger partial charge on any atom is 0.322 e. The summed E-state index contributed by atoms with van der Waals surface area (Å²) in [5.74, 6) is 1.31. The molecule has 4 N–H and O–H groups in total. The molecule has 2 heterocycles. The number of aromatic nitrogens is 2. The lowest BCUT2D eigenvalue weighted by Gasteiger charge is -2.47. The summed E-state index contributed by atoms with van der Waals surface area (Å²) in [6.45, 7) is 5.14. The molecule has 2 aliphatic rings. The van der Waals surface area contributed by atoms with E-state index in [0.717, 1.165) is 24.2 Å². The normalized spacial score (nSPS) is 23.3. The van der Waals surface area contributed by atoms with Gasteiger partial charge in [-0.05, 0) is 44.4 Å². The summed E-state index contributed by atoms with van der Waals surface area (Å²) < 4.78 is 0. The zero-order chi connectivity index (χ0) is 20.6. The molecule has 9 heteroatoms. The number of rotatable bonds is 3. The molecule has 1 aliphatic heterocycles. The van der Waals surface area contributed by atoms with Gasteiger partial charge in [0.25, 0.3) is 0 Å². The minimum absolute atomic E-state index is 0. The number of nitriles is 1. The van der Waals surface area contributed by atoms with Gasteiger partial charge in [-0.1, -0.05) is 17.7 Å². The van der Waals surface area contributed by atoms with E-state index in [1.165, 1.54) is 0 Å². The Bertz CT molecular complexity index is 972. The summed E-state index contributed by atoms with van der Waals surface area (Å²) in [5, 5.41) is 15.9. The van der Waals surface area contributed by atoms with E-state index in [4.69, 9.17) is 16.9 Å². The number of piperazine rings is 1. The second-order valence-electron chi connectivity index (χ2n) is 8.01. The van der Waals surface area contributed by atoms with Crippen LogP contribution in [0.15, 0.2) is 30.6 Å². The van der Waals surface area contributed by atoms with Gasteiger partial charge in [0.05, 0.1) is 34.2 Å². The fourth-order valence-electron chi connectivity index (χ4n) is 3.66. The standard InChI is InChI=1S/C21H23ClN6O.H2O/c1-13-11-28(20(29)27-17-9-24-19(25-10-17)14-3-4-14)21(2,12-26-13)16-6-5-15(8-23)18(22)7-16;/h5-7,9-10,13-14,26H,3-4,11-12H2,1-2H3,(H,27,29);1H2. The third-order valence-electron chi connectivity index (χ3n) is 5.67. The topological polar surface area (TPSA) is 125 Å². The molecule has 2 atom stereocenters. The Kier molecular flexibility index (Phi) is 6.27. The maximum atomic E-state index is 13.2. The largest absolute Gasteiger partial charge is 0.412 e. The molecule has 0 bridgehead atoms. The number of benzene rings is 1. The predicted molar refractivity (Wildman–Crippen MR) is 114 cm³/mol. The van der Waals surface area contributed by atoms with Gasteiger partial charge < -0.3 is 21.0 Å². The average molecular weight is 429 g/mol.